The minimum Gasteiger partial charge on any atom is -0.492 e. The van der Waals surface area contributed by atoms with Gasteiger partial charge < -0.3 is 18.6 Å². The number of likely N-dealkylation sites (N-methyl/N-ethyl adjacent to an activating group) is 1. The first kappa shape index (κ1) is 20.7. The van der Waals surface area contributed by atoms with E-state index in [-0.39, 0.29) is 5.91 Å². The van der Waals surface area contributed by atoms with Crippen molar-refractivity contribution in [2.75, 3.05) is 20.2 Å². The summed E-state index contributed by atoms with van der Waals surface area (Å²) in [4.78, 5) is 19.5. The molecule has 0 spiro atoms. The zero-order valence-corrected chi connectivity index (χ0v) is 18.4. The number of furan rings is 1. The van der Waals surface area contributed by atoms with Crippen molar-refractivity contribution in [3.8, 4) is 17.0 Å². The largest absolute Gasteiger partial charge is 0.492 e. The lowest BCUT2D eigenvalue weighted by atomic mass is 10.0. The monoisotopic (exact) mass is 419 g/mol. The van der Waals surface area contributed by atoms with Crippen molar-refractivity contribution in [2.45, 2.75) is 27.7 Å². The number of rotatable bonds is 6. The Balaban J connectivity index is 1.60. The van der Waals surface area contributed by atoms with Gasteiger partial charge in [-0.05, 0) is 57.5 Å². The molecule has 0 unspecified atom stereocenters. The molecule has 160 valence electrons. The van der Waals surface area contributed by atoms with Crippen LogP contribution in [0, 0.1) is 27.7 Å². The van der Waals surface area contributed by atoms with Crippen LogP contribution < -0.4 is 4.74 Å². The number of aromatic nitrogens is 2. The fraction of sp³-hybridized carbons (Fsp3) is 0.292. The number of hydrogen-bond donors (Lipinski definition) is 0. The molecule has 0 saturated carbocycles. The second-order valence-electron chi connectivity index (χ2n) is 7.72. The van der Waals surface area contributed by atoms with Gasteiger partial charge in [0.05, 0.1) is 28.9 Å². The second-order valence-corrected chi connectivity index (χ2v) is 7.72. The number of carbonyl (C=O) groups is 1. The fourth-order valence-corrected chi connectivity index (χ4v) is 3.60. The highest BCUT2D eigenvalue weighted by atomic mass is 16.5. The van der Waals surface area contributed by atoms with E-state index < -0.39 is 0 Å². The van der Waals surface area contributed by atoms with Crippen LogP contribution in [-0.4, -0.2) is 41.1 Å². The summed E-state index contributed by atoms with van der Waals surface area (Å²) in [5.74, 6) is 2.15. The van der Waals surface area contributed by atoms with Crippen molar-refractivity contribution >= 4 is 17.0 Å². The topological polar surface area (TPSA) is 81.6 Å². The van der Waals surface area contributed by atoms with Crippen LogP contribution in [0.5, 0.6) is 5.75 Å². The van der Waals surface area contributed by atoms with Gasteiger partial charge in [0.25, 0.3) is 11.6 Å². The first-order valence-corrected chi connectivity index (χ1v) is 10.1. The Morgan fingerprint density at radius 3 is 2.65 bits per heavy atom. The normalized spacial score (nSPS) is 11.1. The summed E-state index contributed by atoms with van der Waals surface area (Å²) in [7, 11) is 1.75. The molecule has 0 aliphatic heterocycles. The highest BCUT2D eigenvalue weighted by molar-refractivity contribution is 6.06. The Bertz CT molecular complexity index is 1260. The Labute approximate surface area is 180 Å². The van der Waals surface area contributed by atoms with Gasteiger partial charge in [-0.25, -0.2) is 4.98 Å². The summed E-state index contributed by atoms with van der Waals surface area (Å²) in [5.41, 5.74) is 4.03. The molecule has 0 aliphatic rings. The molecule has 31 heavy (non-hydrogen) atoms. The van der Waals surface area contributed by atoms with Crippen LogP contribution in [0.25, 0.3) is 22.4 Å². The highest BCUT2D eigenvalue weighted by Crippen LogP contribution is 2.31. The molecule has 7 nitrogen and oxygen atoms in total. The van der Waals surface area contributed by atoms with Gasteiger partial charge >= 0.3 is 0 Å². The summed E-state index contributed by atoms with van der Waals surface area (Å²) < 4.78 is 16.8. The molecule has 1 aromatic carbocycles. The molecule has 7 heteroatoms. The van der Waals surface area contributed by atoms with E-state index in [9.17, 15) is 4.79 Å². The molecule has 0 atom stereocenters. The summed E-state index contributed by atoms with van der Waals surface area (Å²) in [6.07, 6.45) is 0. The van der Waals surface area contributed by atoms with E-state index >= 15 is 0 Å². The summed E-state index contributed by atoms with van der Waals surface area (Å²) in [6, 6.07) is 11.5. The molecule has 0 fully saturated rings. The molecule has 0 N–H and O–H groups in total. The number of nitrogens with zero attached hydrogens (tertiary/aromatic N) is 3. The van der Waals surface area contributed by atoms with Gasteiger partial charge in [-0.3, -0.25) is 4.79 Å². The molecule has 4 aromatic rings. The van der Waals surface area contributed by atoms with E-state index in [1.54, 1.807) is 24.9 Å². The average molecular weight is 419 g/mol. The van der Waals surface area contributed by atoms with Crippen LogP contribution in [0.15, 0.2) is 45.3 Å². The summed E-state index contributed by atoms with van der Waals surface area (Å²) >= 11 is 0. The van der Waals surface area contributed by atoms with Crippen molar-refractivity contribution in [3.05, 3.63) is 64.7 Å². The zero-order chi connectivity index (χ0) is 22.1. The van der Waals surface area contributed by atoms with Crippen molar-refractivity contribution in [1.82, 2.24) is 15.0 Å². The maximum Gasteiger partial charge on any atom is 0.259 e. The van der Waals surface area contributed by atoms with E-state index in [0.29, 0.717) is 41.2 Å². The Kier molecular flexibility index (Phi) is 5.50. The number of carbonyl (C=O) groups excluding carboxylic acids is 1. The minimum absolute atomic E-state index is 0.148. The van der Waals surface area contributed by atoms with E-state index in [4.69, 9.17) is 13.7 Å². The Morgan fingerprint density at radius 1 is 1.13 bits per heavy atom. The lowest BCUT2D eigenvalue weighted by Crippen LogP contribution is -2.31. The Morgan fingerprint density at radius 2 is 1.94 bits per heavy atom. The lowest BCUT2D eigenvalue weighted by molar-refractivity contribution is 0.0775. The van der Waals surface area contributed by atoms with Gasteiger partial charge in [-0.2, -0.15) is 0 Å². The number of aryl methyl sites for hydroxylation is 4. The standard InChI is InChI=1S/C24H25N3O4/c1-14-7-6-8-18(11-14)29-10-9-27(5)24(28)20-13-21(19-12-15(2)30-17(19)4)25-23-22(20)16(3)26-31-23/h6-8,11-13H,9-10H2,1-5H3. The van der Waals surface area contributed by atoms with Crippen molar-refractivity contribution in [2.24, 2.45) is 0 Å². The van der Waals surface area contributed by atoms with Gasteiger partial charge in [-0.15, -0.1) is 0 Å². The molecule has 4 rings (SSSR count). The molecule has 0 bridgehead atoms. The van der Waals surface area contributed by atoms with Crippen LogP contribution in [-0.2, 0) is 0 Å². The SMILES string of the molecule is Cc1cccc(OCCN(C)C(=O)c2cc(-c3cc(C)oc3C)nc3onc(C)c23)c1. The fourth-order valence-electron chi connectivity index (χ4n) is 3.60. The molecule has 0 radical (unpaired) electrons. The van der Waals surface area contributed by atoms with Crippen LogP contribution >= 0.6 is 0 Å². The number of pyridine rings is 1. The van der Waals surface area contributed by atoms with Crippen molar-refractivity contribution < 1.29 is 18.5 Å². The third kappa shape index (κ3) is 4.17. The third-order valence-electron chi connectivity index (χ3n) is 5.20. The molecule has 0 aliphatic carbocycles. The van der Waals surface area contributed by atoms with E-state index in [0.717, 1.165) is 28.4 Å². The van der Waals surface area contributed by atoms with E-state index in [1.807, 2.05) is 51.1 Å². The van der Waals surface area contributed by atoms with Crippen molar-refractivity contribution in [1.29, 1.82) is 0 Å². The maximum atomic E-state index is 13.3. The number of ether oxygens (including phenoxy) is 1. The van der Waals surface area contributed by atoms with Gasteiger partial charge in [0.2, 0.25) is 0 Å². The Hall–Kier alpha value is -3.61. The summed E-state index contributed by atoms with van der Waals surface area (Å²) in [6.45, 7) is 8.38. The molecular formula is C24H25N3O4. The first-order valence-electron chi connectivity index (χ1n) is 10.1. The van der Waals surface area contributed by atoms with Crippen molar-refractivity contribution in [3.63, 3.8) is 0 Å². The average Bonchev–Trinajstić information content (AvgIpc) is 3.28. The number of benzene rings is 1. The third-order valence-corrected chi connectivity index (χ3v) is 5.20. The first-order chi connectivity index (χ1) is 14.8. The molecular weight excluding hydrogens is 394 g/mol. The molecule has 1 amide bonds. The molecule has 0 saturated heterocycles. The van der Waals surface area contributed by atoms with Gasteiger partial charge in [0.1, 0.15) is 23.9 Å². The maximum absolute atomic E-state index is 13.3. The molecule has 3 heterocycles. The second kappa shape index (κ2) is 8.26. The lowest BCUT2D eigenvalue weighted by Gasteiger charge is -2.18. The van der Waals surface area contributed by atoms with Gasteiger partial charge in [0.15, 0.2) is 0 Å². The highest BCUT2D eigenvalue weighted by Gasteiger charge is 2.23. The van der Waals surface area contributed by atoms with Crippen LogP contribution in [0.4, 0.5) is 0 Å². The summed E-state index contributed by atoms with van der Waals surface area (Å²) in [5, 5.41) is 4.64. The number of fused-ring (bicyclic) bond motifs is 1. The van der Waals surface area contributed by atoms with Crippen LogP contribution in [0.3, 0.4) is 0 Å². The molecule has 3 aromatic heterocycles. The quantitative estimate of drug-likeness (QED) is 0.444. The minimum atomic E-state index is -0.148. The predicted octanol–water partition coefficient (Wildman–Crippen LogP) is 4.87. The van der Waals surface area contributed by atoms with Crippen LogP contribution in [0.2, 0.25) is 0 Å². The predicted molar refractivity (Wildman–Crippen MR) is 117 cm³/mol. The number of hydrogen-bond acceptors (Lipinski definition) is 6. The zero-order valence-electron chi connectivity index (χ0n) is 18.4. The smallest absolute Gasteiger partial charge is 0.259 e. The van der Waals surface area contributed by atoms with E-state index in [1.165, 1.54) is 0 Å². The number of amides is 1. The van der Waals surface area contributed by atoms with Crippen LogP contribution in [0.1, 0.15) is 33.1 Å². The van der Waals surface area contributed by atoms with E-state index in [2.05, 4.69) is 10.1 Å². The van der Waals surface area contributed by atoms with Gasteiger partial charge in [-0.1, -0.05) is 17.3 Å². The van der Waals surface area contributed by atoms with Gasteiger partial charge in [0, 0.05) is 12.6 Å².